The quantitative estimate of drug-likeness (QED) is 0.375. The Morgan fingerprint density at radius 2 is 1.42 bits per heavy atom. The molecule has 0 aliphatic rings. The molecule has 0 unspecified atom stereocenters. The molecule has 0 spiro atoms. The smallest absolute Gasteiger partial charge is 0.340 e. The van der Waals surface area contributed by atoms with Crippen LogP contribution in [0.4, 0.5) is 5.69 Å². The first-order valence-electron chi connectivity index (χ1n) is 10.6. The topological polar surface area (TPSA) is 69.6 Å². The second kappa shape index (κ2) is 9.87. The molecular weight excluding hydrogens is 416 g/mol. The van der Waals surface area contributed by atoms with Crippen molar-refractivity contribution in [1.82, 2.24) is 4.57 Å². The van der Waals surface area contributed by atoms with Crippen LogP contribution in [0.5, 0.6) is 11.5 Å². The number of carbonyl (C=O) groups is 2. The molecule has 3 aromatic carbocycles. The fraction of sp³-hybridized carbons (Fsp3) is 0.111. The first-order valence-corrected chi connectivity index (χ1v) is 10.6. The number of amides is 1. The van der Waals surface area contributed by atoms with E-state index in [-0.39, 0.29) is 6.61 Å². The summed E-state index contributed by atoms with van der Waals surface area (Å²) in [4.78, 5) is 24.9. The minimum absolute atomic E-state index is 0.379. The normalized spacial score (nSPS) is 10.5. The molecule has 166 valence electrons. The van der Waals surface area contributed by atoms with Gasteiger partial charge in [0.15, 0.2) is 6.61 Å². The number of para-hydroxylation sites is 2. The fourth-order valence-electron chi connectivity index (χ4n) is 3.58. The Morgan fingerprint density at radius 3 is 2.09 bits per heavy atom. The van der Waals surface area contributed by atoms with Crippen molar-refractivity contribution in [2.75, 3.05) is 11.9 Å². The summed E-state index contributed by atoms with van der Waals surface area (Å²) in [5.74, 6) is 0.427. The lowest BCUT2D eigenvalue weighted by molar-refractivity contribution is -0.119. The SMILES string of the molecule is Cc1cc(C(=O)OCC(=O)Nc2ccc(Oc3ccccc3)cc2)c(C)n1-c1ccccc1. The zero-order chi connectivity index (χ0) is 23.2. The van der Waals surface area contributed by atoms with Crippen LogP contribution in [-0.2, 0) is 9.53 Å². The Balaban J connectivity index is 1.33. The Bertz CT molecular complexity index is 1250. The second-order valence-electron chi connectivity index (χ2n) is 7.52. The molecule has 1 aromatic heterocycles. The highest BCUT2D eigenvalue weighted by Gasteiger charge is 2.19. The van der Waals surface area contributed by atoms with Crippen molar-refractivity contribution in [3.63, 3.8) is 0 Å². The first-order chi connectivity index (χ1) is 16.0. The van der Waals surface area contributed by atoms with Crippen LogP contribution in [0, 0.1) is 13.8 Å². The van der Waals surface area contributed by atoms with Crippen molar-refractivity contribution in [3.8, 4) is 17.2 Å². The van der Waals surface area contributed by atoms with Gasteiger partial charge in [0.1, 0.15) is 11.5 Å². The van der Waals surface area contributed by atoms with Crippen LogP contribution in [-0.4, -0.2) is 23.1 Å². The van der Waals surface area contributed by atoms with Crippen LogP contribution in [0.25, 0.3) is 5.69 Å². The maximum atomic E-state index is 12.6. The highest BCUT2D eigenvalue weighted by molar-refractivity contribution is 5.96. The van der Waals surface area contributed by atoms with Crippen LogP contribution in [0.1, 0.15) is 21.7 Å². The third-order valence-electron chi connectivity index (χ3n) is 5.12. The van der Waals surface area contributed by atoms with Gasteiger partial charge < -0.3 is 19.4 Å². The molecule has 4 aromatic rings. The zero-order valence-corrected chi connectivity index (χ0v) is 18.4. The zero-order valence-electron chi connectivity index (χ0n) is 18.4. The van der Waals surface area contributed by atoms with E-state index in [2.05, 4.69) is 5.32 Å². The van der Waals surface area contributed by atoms with E-state index in [9.17, 15) is 9.59 Å². The van der Waals surface area contributed by atoms with Crippen molar-refractivity contribution in [1.29, 1.82) is 0 Å². The van der Waals surface area contributed by atoms with E-state index >= 15 is 0 Å². The summed E-state index contributed by atoms with van der Waals surface area (Å²) in [5, 5.41) is 2.72. The van der Waals surface area contributed by atoms with Gasteiger partial charge in [-0.1, -0.05) is 36.4 Å². The Labute approximate surface area is 192 Å². The average Bonchev–Trinajstić information content (AvgIpc) is 3.14. The van der Waals surface area contributed by atoms with Gasteiger partial charge in [-0.25, -0.2) is 4.79 Å². The van der Waals surface area contributed by atoms with Gasteiger partial charge in [0.25, 0.3) is 5.91 Å². The number of ether oxygens (including phenoxy) is 2. The maximum Gasteiger partial charge on any atom is 0.340 e. The van der Waals surface area contributed by atoms with Crippen LogP contribution in [0.15, 0.2) is 91.0 Å². The molecule has 1 N–H and O–H groups in total. The third kappa shape index (κ3) is 5.30. The van der Waals surface area contributed by atoms with Gasteiger partial charge in [-0.05, 0) is 68.4 Å². The Morgan fingerprint density at radius 1 is 0.818 bits per heavy atom. The number of anilines is 1. The number of nitrogens with one attached hydrogen (secondary N) is 1. The molecule has 0 fully saturated rings. The highest BCUT2D eigenvalue weighted by atomic mass is 16.5. The number of nitrogens with zero attached hydrogens (tertiary/aromatic N) is 1. The minimum Gasteiger partial charge on any atom is -0.457 e. The lowest BCUT2D eigenvalue weighted by atomic mass is 10.2. The Hall–Kier alpha value is -4.32. The van der Waals surface area contributed by atoms with Crippen molar-refractivity contribution in [2.24, 2.45) is 0 Å². The van der Waals surface area contributed by atoms with Gasteiger partial charge in [-0.2, -0.15) is 0 Å². The molecule has 0 radical (unpaired) electrons. The summed E-state index contributed by atoms with van der Waals surface area (Å²) < 4.78 is 13.0. The molecule has 4 rings (SSSR count). The largest absolute Gasteiger partial charge is 0.457 e. The van der Waals surface area contributed by atoms with E-state index in [0.29, 0.717) is 17.0 Å². The summed E-state index contributed by atoms with van der Waals surface area (Å²) in [6.45, 7) is 3.40. The van der Waals surface area contributed by atoms with Gasteiger partial charge >= 0.3 is 5.97 Å². The number of hydrogen-bond acceptors (Lipinski definition) is 4. The summed E-state index contributed by atoms with van der Waals surface area (Å²) in [5.41, 5.74) is 3.65. The number of aryl methyl sites for hydroxylation is 1. The standard InChI is InChI=1S/C27H24N2O4/c1-19-17-25(20(2)29(19)22-9-5-3-6-10-22)27(31)32-18-26(30)28-21-13-15-24(16-14-21)33-23-11-7-4-8-12-23/h3-17H,18H2,1-2H3,(H,28,30). The fourth-order valence-corrected chi connectivity index (χ4v) is 3.58. The molecule has 1 amide bonds. The minimum atomic E-state index is -0.535. The van der Waals surface area contributed by atoms with Gasteiger partial charge in [0.2, 0.25) is 0 Å². The summed E-state index contributed by atoms with van der Waals surface area (Å²) in [6.07, 6.45) is 0. The predicted octanol–water partition coefficient (Wildman–Crippen LogP) is 5.68. The Kier molecular flexibility index (Phi) is 6.55. The number of rotatable bonds is 7. The predicted molar refractivity (Wildman–Crippen MR) is 127 cm³/mol. The van der Waals surface area contributed by atoms with E-state index in [4.69, 9.17) is 9.47 Å². The van der Waals surface area contributed by atoms with Gasteiger partial charge in [-0.15, -0.1) is 0 Å². The second-order valence-corrected chi connectivity index (χ2v) is 7.52. The first kappa shape index (κ1) is 21.9. The number of carbonyl (C=O) groups excluding carboxylic acids is 2. The van der Waals surface area contributed by atoms with Crippen molar-refractivity contribution in [2.45, 2.75) is 13.8 Å². The van der Waals surface area contributed by atoms with Crippen molar-refractivity contribution in [3.05, 3.63) is 108 Å². The molecule has 6 heteroatoms. The van der Waals surface area contributed by atoms with E-state index in [1.807, 2.05) is 79.1 Å². The molecule has 1 heterocycles. The monoisotopic (exact) mass is 440 g/mol. The number of hydrogen-bond donors (Lipinski definition) is 1. The van der Waals surface area contributed by atoms with Crippen LogP contribution >= 0.6 is 0 Å². The number of esters is 1. The van der Waals surface area contributed by atoms with Crippen LogP contribution in [0.2, 0.25) is 0 Å². The third-order valence-corrected chi connectivity index (χ3v) is 5.12. The van der Waals surface area contributed by atoms with E-state index in [0.717, 1.165) is 22.8 Å². The number of benzene rings is 3. The molecule has 6 nitrogen and oxygen atoms in total. The summed E-state index contributed by atoms with van der Waals surface area (Å²) >= 11 is 0. The maximum absolute atomic E-state index is 12.6. The molecule has 0 aliphatic carbocycles. The van der Waals surface area contributed by atoms with Crippen molar-refractivity contribution >= 4 is 17.6 Å². The molecule has 0 atom stereocenters. The van der Waals surface area contributed by atoms with E-state index in [1.54, 1.807) is 30.3 Å². The lowest BCUT2D eigenvalue weighted by Gasteiger charge is -2.10. The van der Waals surface area contributed by atoms with Gasteiger partial charge in [0, 0.05) is 22.8 Å². The summed E-state index contributed by atoms with van der Waals surface area (Å²) in [6, 6.07) is 27.9. The molecule has 33 heavy (non-hydrogen) atoms. The molecular formula is C27H24N2O4. The molecule has 0 saturated carbocycles. The molecule has 0 bridgehead atoms. The van der Waals surface area contributed by atoms with Crippen LogP contribution < -0.4 is 10.1 Å². The van der Waals surface area contributed by atoms with Gasteiger partial charge in [-0.3, -0.25) is 4.79 Å². The highest BCUT2D eigenvalue weighted by Crippen LogP contribution is 2.23. The van der Waals surface area contributed by atoms with E-state index < -0.39 is 11.9 Å². The number of aromatic nitrogens is 1. The summed E-state index contributed by atoms with van der Waals surface area (Å²) in [7, 11) is 0. The molecule has 0 aliphatic heterocycles. The van der Waals surface area contributed by atoms with Crippen LogP contribution in [0.3, 0.4) is 0 Å². The molecule has 0 saturated heterocycles. The lowest BCUT2D eigenvalue weighted by Crippen LogP contribution is -2.21. The van der Waals surface area contributed by atoms with Crippen molar-refractivity contribution < 1.29 is 19.1 Å². The van der Waals surface area contributed by atoms with Gasteiger partial charge in [0.05, 0.1) is 5.56 Å². The van der Waals surface area contributed by atoms with E-state index in [1.165, 1.54) is 0 Å². The average molecular weight is 440 g/mol.